The molecule has 1 unspecified atom stereocenters. The molecule has 1 atom stereocenters. The molecule has 0 aromatic heterocycles. The van der Waals surface area contributed by atoms with E-state index >= 15 is 0 Å². The Labute approximate surface area is 102 Å². The zero-order valence-corrected chi connectivity index (χ0v) is 10.7. The number of anilines is 1. The van der Waals surface area contributed by atoms with Gasteiger partial charge < -0.3 is 4.90 Å². The molecule has 0 aliphatic carbocycles. The van der Waals surface area contributed by atoms with Crippen LogP contribution in [0.2, 0.25) is 0 Å². The highest BCUT2D eigenvalue weighted by Crippen LogP contribution is 2.18. The van der Waals surface area contributed by atoms with Crippen molar-refractivity contribution in [3.8, 4) is 0 Å². The lowest BCUT2D eigenvalue weighted by atomic mass is 10.1. The second kappa shape index (κ2) is 6.74. The Hall–Kier alpha value is -0.760. The molecule has 1 rings (SSSR count). The Balaban J connectivity index is 2.46. The van der Waals surface area contributed by atoms with Crippen molar-refractivity contribution in [1.29, 1.82) is 0 Å². The number of hydrogen-bond acceptors (Lipinski definition) is 1. The van der Waals surface area contributed by atoms with Gasteiger partial charge in [0, 0.05) is 19.5 Å². The average molecular weight is 244 g/mol. The maximum Gasteiger partial charge on any atom is 0.146 e. The monoisotopic (exact) mass is 243 g/mol. The van der Waals surface area contributed by atoms with Crippen LogP contribution < -0.4 is 4.90 Å². The lowest BCUT2D eigenvalue weighted by Crippen LogP contribution is -2.21. The fourth-order valence-corrected chi connectivity index (χ4v) is 2.00. The van der Waals surface area contributed by atoms with Crippen LogP contribution in [0.25, 0.3) is 0 Å². The summed E-state index contributed by atoms with van der Waals surface area (Å²) >= 11 is 5.68. The van der Waals surface area contributed by atoms with Crippen molar-refractivity contribution in [2.75, 3.05) is 24.4 Å². The molecule has 1 aromatic rings. The van der Waals surface area contributed by atoms with Crippen LogP contribution in [0.4, 0.5) is 10.1 Å². The Morgan fingerprint density at radius 3 is 2.62 bits per heavy atom. The maximum atomic E-state index is 13.4. The third kappa shape index (κ3) is 4.01. The molecule has 0 aliphatic rings. The van der Waals surface area contributed by atoms with Crippen LogP contribution in [0.3, 0.4) is 0 Å². The van der Waals surface area contributed by atoms with E-state index in [1.54, 1.807) is 6.07 Å². The SMILES string of the molecule is CC(CCCl)CCN(C)c1ccccc1F. The summed E-state index contributed by atoms with van der Waals surface area (Å²) in [7, 11) is 1.92. The summed E-state index contributed by atoms with van der Waals surface area (Å²) in [6.07, 6.45) is 2.06. The molecule has 0 heterocycles. The number of alkyl halides is 1. The van der Waals surface area contributed by atoms with E-state index in [0.717, 1.165) is 19.4 Å². The summed E-state index contributed by atoms with van der Waals surface area (Å²) in [4.78, 5) is 1.96. The molecule has 0 N–H and O–H groups in total. The summed E-state index contributed by atoms with van der Waals surface area (Å²) < 4.78 is 13.4. The molecule has 0 amide bonds. The Bertz CT molecular complexity index is 317. The zero-order valence-electron chi connectivity index (χ0n) is 9.92. The highest BCUT2D eigenvalue weighted by atomic mass is 35.5. The molecule has 0 fully saturated rings. The smallest absolute Gasteiger partial charge is 0.146 e. The molecule has 3 heteroatoms. The van der Waals surface area contributed by atoms with Crippen LogP contribution in [0.5, 0.6) is 0 Å². The molecule has 0 spiro atoms. The molecule has 90 valence electrons. The molecule has 1 nitrogen and oxygen atoms in total. The van der Waals surface area contributed by atoms with Crippen molar-refractivity contribution in [3.05, 3.63) is 30.1 Å². The minimum Gasteiger partial charge on any atom is -0.372 e. The summed E-state index contributed by atoms with van der Waals surface area (Å²) in [5.74, 6) is 1.13. The van der Waals surface area contributed by atoms with E-state index < -0.39 is 0 Å². The summed E-state index contributed by atoms with van der Waals surface area (Å²) in [5.41, 5.74) is 0.667. The lowest BCUT2D eigenvalue weighted by molar-refractivity contribution is 0.517. The molecular weight excluding hydrogens is 225 g/mol. The van der Waals surface area contributed by atoms with Gasteiger partial charge in [-0.15, -0.1) is 11.6 Å². The van der Waals surface area contributed by atoms with Gasteiger partial charge in [-0.25, -0.2) is 4.39 Å². The van der Waals surface area contributed by atoms with E-state index in [9.17, 15) is 4.39 Å². The minimum atomic E-state index is -0.157. The predicted octanol–water partition coefficient (Wildman–Crippen LogP) is 3.92. The van der Waals surface area contributed by atoms with Gasteiger partial charge in [-0.1, -0.05) is 19.1 Å². The van der Waals surface area contributed by atoms with Gasteiger partial charge in [0.25, 0.3) is 0 Å². The van der Waals surface area contributed by atoms with Crippen molar-refractivity contribution in [3.63, 3.8) is 0 Å². The largest absolute Gasteiger partial charge is 0.372 e. The Morgan fingerprint density at radius 2 is 2.00 bits per heavy atom. The van der Waals surface area contributed by atoms with Crippen molar-refractivity contribution in [2.45, 2.75) is 19.8 Å². The zero-order chi connectivity index (χ0) is 12.0. The first-order chi connectivity index (χ1) is 7.65. The van der Waals surface area contributed by atoms with E-state index in [1.165, 1.54) is 6.07 Å². The van der Waals surface area contributed by atoms with Gasteiger partial charge in [0.05, 0.1) is 5.69 Å². The Kier molecular flexibility index (Phi) is 5.61. The van der Waals surface area contributed by atoms with Gasteiger partial charge in [0.15, 0.2) is 0 Å². The number of benzene rings is 1. The van der Waals surface area contributed by atoms with Gasteiger partial charge in [-0.2, -0.15) is 0 Å². The number of rotatable bonds is 6. The van der Waals surface area contributed by atoms with E-state index in [1.807, 2.05) is 24.1 Å². The predicted molar refractivity (Wildman–Crippen MR) is 68.8 cm³/mol. The number of para-hydroxylation sites is 1. The number of hydrogen-bond donors (Lipinski definition) is 0. The van der Waals surface area contributed by atoms with Crippen LogP contribution in [0, 0.1) is 11.7 Å². The number of nitrogens with zero attached hydrogens (tertiary/aromatic N) is 1. The minimum absolute atomic E-state index is 0.157. The van der Waals surface area contributed by atoms with E-state index in [2.05, 4.69) is 6.92 Å². The first-order valence-corrected chi connectivity index (χ1v) is 6.20. The van der Waals surface area contributed by atoms with Gasteiger partial charge in [-0.05, 0) is 30.9 Å². The standard InChI is InChI=1S/C13H19ClFN/c1-11(7-9-14)8-10-16(2)13-6-4-3-5-12(13)15/h3-6,11H,7-10H2,1-2H3. The molecule has 1 aromatic carbocycles. The molecular formula is C13H19ClFN. The van der Waals surface area contributed by atoms with E-state index in [0.29, 0.717) is 17.5 Å². The lowest BCUT2D eigenvalue weighted by Gasteiger charge is -2.21. The number of halogens is 2. The molecule has 0 radical (unpaired) electrons. The normalized spacial score (nSPS) is 12.5. The van der Waals surface area contributed by atoms with Crippen LogP contribution in [0.1, 0.15) is 19.8 Å². The van der Waals surface area contributed by atoms with Crippen LogP contribution in [-0.4, -0.2) is 19.5 Å². The third-order valence-corrected chi connectivity index (χ3v) is 3.04. The fourth-order valence-electron chi connectivity index (χ4n) is 1.63. The topological polar surface area (TPSA) is 3.24 Å². The molecule has 0 aliphatic heterocycles. The van der Waals surface area contributed by atoms with Gasteiger partial charge in [0.2, 0.25) is 0 Å². The Morgan fingerprint density at radius 1 is 1.31 bits per heavy atom. The third-order valence-electron chi connectivity index (χ3n) is 2.82. The molecule has 0 bridgehead atoms. The highest BCUT2D eigenvalue weighted by molar-refractivity contribution is 6.17. The van der Waals surface area contributed by atoms with Crippen LogP contribution in [0.15, 0.2) is 24.3 Å². The summed E-state index contributed by atoms with van der Waals surface area (Å²) in [6, 6.07) is 6.87. The second-order valence-corrected chi connectivity index (χ2v) is 4.62. The molecule has 0 saturated heterocycles. The fraction of sp³-hybridized carbons (Fsp3) is 0.538. The molecule has 16 heavy (non-hydrogen) atoms. The maximum absolute atomic E-state index is 13.4. The van der Waals surface area contributed by atoms with Gasteiger partial charge in [0.1, 0.15) is 5.82 Å². The van der Waals surface area contributed by atoms with Gasteiger partial charge in [-0.3, -0.25) is 0 Å². The van der Waals surface area contributed by atoms with Crippen LogP contribution in [-0.2, 0) is 0 Å². The van der Waals surface area contributed by atoms with Crippen molar-refractivity contribution in [2.24, 2.45) is 5.92 Å². The van der Waals surface area contributed by atoms with Crippen molar-refractivity contribution < 1.29 is 4.39 Å². The molecule has 0 saturated carbocycles. The van der Waals surface area contributed by atoms with Gasteiger partial charge >= 0.3 is 0 Å². The summed E-state index contributed by atoms with van der Waals surface area (Å²) in [6.45, 7) is 3.04. The van der Waals surface area contributed by atoms with Crippen LogP contribution >= 0.6 is 11.6 Å². The second-order valence-electron chi connectivity index (χ2n) is 4.24. The average Bonchev–Trinajstić information content (AvgIpc) is 2.27. The van der Waals surface area contributed by atoms with E-state index in [4.69, 9.17) is 11.6 Å². The first kappa shape index (κ1) is 13.3. The quantitative estimate of drug-likeness (QED) is 0.685. The van der Waals surface area contributed by atoms with Crippen molar-refractivity contribution in [1.82, 2.24) is 0 Å². The summed E-state index contributed by atoms with van der Waals surface area (Å²) in [5, 5.41) is 0. The first-order valence-electron chi connectivity index (χ1n) is 5.66. The highest BCUT2D eigenvalue weighted by Gasteiger charge is 2.08. The van der Waals surface area contributed by atoms with Crippen molar-refractivity contribution >= 4 is 17.3 Å². The van der Waals surface area contributed by atoms with E-state index in [-0.39, 0.29) is 5.82 Å².